The summed E-state index contributed by atoms with van der Waals surface area (Å²) in [5.41, 5.74) is 6.45. The molecule has 3 nitrogen and oxygen atoms in total. The molecule has 2 rings (SSSR count). The second kappa shape index (κ2) is 5.83. The molecule has 0 aromatic heterocycles. The molecule has 19 heavy (non-hydrogen) atoms. The second-order valence-electron chi connectivity index (χ2n) is 5.50. The molecular formula is C15H20ClNO2. The van der Waals surface area contributed by atoms with Gasteiger partial charge >= 0.3 is 5.97 Å². The van der Waals surface area contributed by atoms with E-state index in [-0.39, 0.29) is 17.1 Å². The zero-order valence-electron chi connectivity index (χ0n) is 11.4. The van der Waals surface area contributed by atoms with Crippen LogP contribution in [0.3, 0.4) is 0 Å². The molecule has 0 bridgehead atoms. The van der Waals surface area contributed by atoms with E-state index in [2.05, 4.69) is 13.8 Å². The first kappa shape index (κ1) is 14.2. The van der Waals surface area contributed by atoms with Crippen molar-refractivity contribution >= 4 is 23.3 Å². The van der Waals surface area contributed by atoms with Gasteiger partial charge < -0.3 is 10.5 Å². The highest BCUT2D eigenvalue weighted by Gasteiger charge is 2.27. The number of ether oxygens (including phenoxy) is 1. The summed E-state index contributed by atoms with van der Waals surface area (Å²) in [5, 5.41) is 0.282. The number of nitrogen functional groups attached to an aromatic ring is 1. The number of hydrogen-bond acceptors (Lipinski definition) is 3. The molecule has 1 aliphatic carbocycles. The monoisotopic (exact) mass is 281 g/mol. The topological polar surface area (TPSA) is 52.3 Å². The van der Waals surface area contributed by atoms with Gasteiger partial charge in [-0.2, -0.15) is 0 Å². The van der Waals surface area contributed by atoms with Gasteiger partial charge in [-0.15, -0.1) is 0 Å². The van der Waals surface area contributed by atoms with Crippen LogP contribution in [-0.2, 0) is 4.74 Å². The van der Waals surface area contributed by atoms with E-state index in [9.17, 15) is 4.79 Å². The Morgan fingerprint density at radius 2 is 2.05 bits per heavy atom. The van der Waals surface area contributed by atoms with E-state index in [1.54, 1.807) is 18.2 Å². The molecule has 3 unspecified atom stereocenters. The summed E-state index contributed by atoms with van der Waals surface area (Å²) in [6.45, 7) is 4.45. The van der Waals surface area contributed by atoms with Crippen molar-refractivity contribution in [3.63, 3.8) is 0 Å². The summed E-state index contributed by atoms with van der Waals surface area (Å²) in [6, 6.07) is 5.03. The zero-order chi connectivity index (χ0) is 14.0. The highest BCUT2D eigenvalue weighted by atomic mass is 35.5. The van der Waals surface area contributed by atoms with Crippen LogP contribution in [0, 0.1) is 11.8 Å². The summed E-state index contributed by atoms with van der Waals surface area (Å²) < 4.78 is 5.55. The Bertz CT molecular complexity index is 475. The average molecular weight is 282 g/mol. The first-order valence-electron chi connectivity index (χ1n) is 6.74. The Morgan fingerprint density at radius 1 is 1.32 bits per heavy atom. The van der Waals surface area contributed by atoms with Gasteiger partial charge in [-0.1, -0.05) is 31.5 Å². The highest BCUT2D eigenvalue weighted by Crippen LogP contribution is 2.32. The highest BCUT2D eigenvalue weighted by molar-refractivity contribution is 6.36. The molecule has 0 spiro atoms. The molecule has 0 saturated heterocycles. The van der Waals surface area contributed by atoms with Crippen molar-refractivity contribution in [1.29, 1.82) is 0 Å². The average Bonchev–Trinajstić information content (AvgIpc) is 2.37. The molecule has 4 heteroatoms. The molecule has 1 aromatic carbocycles. The number of carbonyl (C=O) groups is 1. The van der Waals surface area contributed by atoms with Crippen LogP contribution in [0.1, 0.15) is 43.5 Å². The molecule has 0 aliphatic heterocycles. The number of anilines is 1. The van der Waals surface area contributed by atoms with E-state index in [0.29, 0.717) is 23.1 Å². The van der Waals surface area contributed by atoms with E-state index < -0.39 is 0 Å². The molecule has 0 heterocycles. The van der Waals surface area contributed by atoms with Crippen LogP contribution in [0.5, 0.6) is 0 Å². The van der Waals surface area contributed by atoms with E-state index in [1.165, 1.54) is 0 Å². The van der Waals surface area contributed by atoms with Crippen molar-refractivity contribution in [3.8, 4) is 0 Å². The molecular weight excluding hydrogens is 262 g/mol. The Labute approximate surface area is 119 Å². The third-order valence-corrected chi connectivity index (χ3v) is 4.49. The maximum atomic E-state index is 12.1. The molecule has 1 aromatic rings. The van der Waals surface area contributed by atoms with Gasteiger partial charge in [-0.3, -0.25) is 0 Å². The lowest BCUT2D eigenvalue weighted by atomic mass is 9.80. The number of esters is 1. The van der Waals surface area contributed by atoms with Crippen molar-refractivity contribution in [2.75, 3.05) is 5.73 Å². The SMILES string of the molecule is CC1CCC(OC(=O)c2cccc(N)c2Cl)CC1C. The Balaban J connectivity index is 2.03. The smallest absolute Gasteiger partial charge is 0.340 e. The fourth-order valence-corrected chi connectivity index (χ4v) is 2.73. The first-order valence-corrected chi connectivity index (χ1v) is 7.11. The molecule has 1 fully saturated rings. The number of hydrogen-bond donors (Lipinski definition) is 1. The molecule has 1 aliphatic rings. The predicted octanol–water partition coefficient (Wildman–Crippen LogP) is 3.90. The minimum atomic E-state index is -0.371. The molecule has 1 saturated carbocycles. The summed E-state index contributed by atoms with van der Waals surface area (Å²) in [4.78, 5) is 12.1. The standard InChI is InChI=1S/C15H20ClNO2/c1-9-6-7-11(8-10(9)2)19-15(18)12-4-3-5-13(17)14(12)16/h3-5,9-11H,6-8,17H2,1-2H3. The Hall–Kier alpha value is -1.22. The van der Waals surface area contributed by atoms with Crippen molar-refractivity contribution < 1.29 is 9.53 Å². The number of benzene rings is 1. The fourth-order valence-electron chi connectivity index (χ4n) is 2.53. The maximum Gasteiger partial charge on any atom is 0.340 e. The lowest BCUT2D eigenvalue weighted by Crippen LogP contribution is -2.28. The lowest BCUT2D eigenvalue weighted by molar-refractivity contribution is 0.00881. The minimum Gasteiger partial charge on any atom is -0.459 e. The first-order chi connectivity index (χ1) is 8.99. The number of nitrogens with two attached hydrogens (primary N) is 1. The van der Waals surface area contributed by atoms with Gasteiger partial charge in [0.2, 0.25) is 0 Å². The Kier molecular flexibility index (Phi) is 4.35. The van der Waals surface area contributed by atoms with Crippen molar-refractivity contribution in [2.24, 2.45) is 11.8 Å². The molecule has 0 amide bonds. The lowest BCUT2D eigenvalue weighted by Gasteiger charge is -2.31. The molecule has 104 valence electrons. The van der Waals surface area contributed by atoms with Crippen LogP contribution in [-0.4, -0.2) is 12.1 Å². The van der Waals surface area contributed by atoms with Crippen molar-refractivity contribution in [2.45, 2.75) is 39.2 Å². The van der Waals surface area contributed by atoms with Gasteiger partial charge in [0.1, 0.15) is 6.10 Å². The van der Waals surface area contributed by atoms with Crippen LogP contribution in [0.4, 0.5) is 5.69 Å². The van der Waals surface area contributed by atoms with Gasteiger partial charge in [0, 0.05) is 0 Å². The fraction of sp³-hybridized carbons (Fsp3) is 0.533. The van der Waals surface area contributed by atoms with Crippen LogP contribution < -0.4 is 5.73 Å². The number of halogens is 1. The van der Waals surface area contributed by atoms with E-state index in [4.69, 9.17) is 22.1 Å². The maximum absolute atomic E-state index is 12.1. The number of carbonyl (C=O) groups excluding carboxylic acids is 1. The van der Waals surface area contributed by atoms with Crippen LogP contribution in [0.2, 0.25) is 5.02 Å². The van der Waals surface area contributed by atoms with Crippen molar-refractivity contribution in [3.05, 3.63) is 28.8 Å². The van der Waals surface area contributed by atoms with Gasteiger partial charge in [0.05, 0.1) is 16.3 Å². The summed E-state index contributed by atoms with van der Waals surface area (Å²) in [7, 11) is 0. The summed E-state index contributed by atoms with van der Waals surface area (Å²) in [5.74, 6) is 0.915. The van der Waals surface area contributed by atoms with E-state index in [0.717, 1.165) is 19.3 Å². The van der Waals surface area contributed by atoms with Crippen LogP contribution in [0.15, 0.2) is 18.2 Å². The summed E-state index contributed by atoms with van der Waals surface area (Å²) in [6.07, 6.45) is 2.95. The van der Waals surface area contributed by atoms with Crippen LogP contribution >= 0.6 is 11.6 Å². The quantitative estimate of drug-likeness (QED) is 0.661. The van der Waals surface area contributed by atoms with E-state index in [1.807, 2.05) is 0 Å². The van der Waals surface area contributed by atoms with Crippen molar-refractivity contribution in [1.82, 2.24) is 0 Å². The normalized spacial score (nSPS) is 27.0. The molecule has 3 atom stereocenters. The zero-order valence-corrected chi connectivity index (χ0v) is 12.1. The Morgan fingerprint density at radius 3 is 2.74 bits per heavy atom. The molecule has 0 radical (unpaired) electrons. The predicted molar refractivity (Wildman–Crippen MR) is 77.2 cm³/mol. The summed E-state index contributed by atoms with van der Waals surface area (Å²) >= 11 is 6.03. The van der Waals surface area contributed by atoms with Gasteiger partial charge in [-0.25, -0.2) is 4.79 Å². The van der Waals surface area contributed by atoms with Gasteiger partial charge in [0.15, 0.2) is 0 Å². The third-order valence-electron chi connectivity index (χ3n) is 4.07. The largest absolute Gasteiger partial charge is 0.459 e. The van der Waals surface area contributed by atoms with Gasteiger partial charge in [0.25, 0.3) is 0 Å². The number of rotatable bonds is 2. The second-order valence-corrected chi connectivity index (χ2v) is 5.88. The minimum absolute atomic E-state index is 0.00352. The third kappa shape index (κ3) is 3.21. The van der Waals surface area contributed by atoms with Gasteiger partial charge in [-0.05, 0) is 43.2 Å². The van der Waals surface area contributed by atoms with E-state index >= 15 is 0 Å². The molecule has 2 N–H and O–H groups in total. The van der Waals surface area contributed by atoms with Crippen LogP contribution in [0.25, 0.3) is 0 Å².